The Morgan fingerprint density at radius 3 is 2.20 bits per heavy atom. The van der Waals surface area contributed by atoms with E-state index in [4.69, 9.17) is 4.74 Å². The monoisotopic (exact) mass is 340 g/mol. The molecule has 0 aromatic heterocycles. The lowest BCUT2D eigenvalue weighted by Crippen LogP contribution is -2.10. The summed E-state index contributed by atoms with van der Waals surface area (Å²) in [6.45, 7) is 2.32. The fraction of sp³-hybridized carbons (Fsp3) is 0.364. The van der Waals surface area contributed by atoms with Crippen molar-refractivity contribution in [2.75, 3.05) is 7.11 Å². The van der Waals surface area contributed by atoms with Gasteiger partial charge in [-0.1, -0.05) is 43.7 Å². The molecule has 0 radical (unpaired) electrons. The quantitative estimate of drug-likeness (QED) is 0.640. The Labute approximate surface area is 148 Å². The fourth-order valence-corrected chi connectivity index (χ4v) is 3.36. The first-order valence-electron chi connectivity index (χ1n) is 8.72. The van der Waals surface area contributed by atoms with Gasteiger partial charge in [0.1, 0.15) is 0 Å². The second-order valence-electron chi connectivity index (χ2n) is 6.77. The van der Waals surface area contributed by atoms with Crippen LogP contribution >= 0.6 is 0 Å². The lowest BCUT2D eigenvalue weighted by molar-refractivity contribution is 0.348. The Hall–Kier alpha value is -2.34. The van der Waals surface area contributed by atoms with E-state index in [0.29, 0.717) is 5.92 Å². The van der Waals surface area contributed by atoms with Crippen LogP contribution in [-0.4, -0.2) is 7.11 Å². The average molecular weight is 340 g/mol. The number of benzene rings is 2. The van der Waals surface area contributed by atoms with Gasteiger partial charge >= 0.3 is 0 Å². The van der Waals surface area contributed by atoms with E-state index in [2.05, 4.69) is 30.9 Å². The summed E-state index contributed by atoms with van der Waals surface area (Å²) in [6, 6.07) is 10.9. The Balaban J connectivity index is 1.75. The van der Waals surface area contributed by atoms with E-state index in [-0.39, 0.29) is 11.3 Å². The molecule has 0 heterocycles. The van der Waals surface area contributed by atoms with Crippen LogP contribution in [0.1, 0.15) is 55.2 Å². The van der Waals surface area contributed by atoms with Crippen LogP contribution in [0.2, 0.25) is 0 Å². The molecule has 2 aromatic carbocycles. The maximum atomic E-state index is 13.9. The van der Waals surface area contributed by atoms with Gasteiger partial charge in [0, 0.05) is 5.56 Å². The van der Waals surface area contributed by atoms with Gasteiger partial charge in [-0.3, -0.25) is 0 Å². The van der Waals surface area contributed by atoms with Gasteiger partial charge in [-0.05, 0) is 54.5 Å². The maximum absolute atomic E-state index is 13.9. The summed E-state index contributed by atoms with van der Waals surface area (Å²) in [4.78, 5) is 0. The standard InChI is InChI=1S/C22H22F2O/c1-15-3-8-17(9-4-15)18-10-5-16(6-11-18)7-12-19-13-14-20(25-2)22(24)21(19)23/h5-6,10-11,13-15,17H,3-4,8-9H2,1-2H3/t15-,17-. The molecule has 1 aliphatic rings. The number of ether oxygens (including phenoxy) is 1. The minimum Gasteiger partial charge on any atom is -0.494 e. The third-order valence-electron chi connectivity index (χ3n) is 5.01. The van der Waals surface area contributed by atoms with Gasteiger partial charge in [0.25, 0.3) is 0 Å². The summed E-state index contributed by atoms with van der Waals surface area (Å²) in [5.41, 5.74) is 2.17. The van der Waals surface area contributed by atoms with Crippen LogP contribution in [0.25, 0.3) is 0 Å². The van der Waals surface area contributed by atoms with Crippen molar-refractivity contribution < 1.29 is 13.5 Å². The van der Waals surface area contributed by atoms with Gasteiger partial charge < -0.3 is 4.74 Å². The highest BCUT2D eigenvalue weighted by Crippen LogP contribution is 2.35. The zero-order valence-corrected chi connectivity index (χ0v) is 14.6. The minimum atomic E-state index is -1.00. The molecule has 0 aliphatic heterocycles. The Morgan fingerprint density at radius 1 is 0.880 bits per heavy atom. The number of halogens is 2. The average Bonchev–Trinajstić information content (AvgIpc) is 2.64. The first-order valence-corrected chi connectivity index (χ1v) is 8.72. The van der Waals surface area contributed by atoms with Crippen LogP contribution in [0.5, 0.6) is 5.75 Å². The van der Waals surface area contributed by atoms with Gasteiger partial charge in [-0.25, -0.2) is 4.39 Å². The van der Waals surface area contributed by atoms with Crippen molar-refractivity contribution in [2.24, 2.45) is 5.92 Å². The highest BCUT2D eigenvalue weighted by molar-refractivity contribution is 5.46. The molecular weight excluding hydrogens is 318 g/mol. The number of hydrogen-bond donors (Lipinski definition) is 0. The largest absolute Gasteiger partial charge is 0.494 e. The second-order valence-corrected chi connectivity index (χ2v) is 6.77. The summed E-state index contributed by atoms with van der Waals surface area (Å²) in [6.07, 6.45) is 5.05. The van der Waals surface area contributed by atoms with E-state index < -0.39 is 11.6 Å². The molecule has 3 heteroatoms. The normalized spacial score (nSPS) is 19.8. The highest BCUT2D eigenvalue weighted by atomic mass is 19.2. The molecule has 1 aliphatic carbocycles. The molecule has 130 valence electrons. The van der Waals surface area contributed by atoms with Crippen molar-refractivity contribution in [3.05, 3.63) is 64.7 Å². The third-order valence-corrected chi connectivity index (χ3v) is 5.01. The van der Waals surface area contributed by atoms with Gasteiger partial charge in [-0.15, -0.1) is 0 Å². The topological polar surface area (TPSA) is 9.23 Å². The van der Waals surface area contributed by atoms with Crippen molar-refractivity contribution >= 4 is 0 Å². The summed E-state index contributed by atoms with van der Waals surface area (Å²) < 4.78 is 32.4. The van der Waals surface area contributed by atoms with Crippen LogP contribution in [0, 0.1) is 29.4 Å². The van der Waals surface area contributed by atoms with Crippen molar-refractivity contribution in [3.8, 4) is 17.6 Å². The molecule has 3 rings (SSSR count). The van der Waals surface area contributed by atoms with Gasteiger partial charge in [-0.2, -0.15) is 4.39 Å². The molecule has 0 saturated heterocycles. The molecule has 1 fully saturated rings. The zero-order chi connectivity index (χ0) is 17.8. The lowest BCUT2D eigenvalue weighted by atomic mass is 9.79. The summed E-state index contributed by atoms with van der Waals surface area (Å²) in [5, 5.41) is 0. The highest BCUT2D eigenvalue weighted by Gasteiger charge is 2.19. The molecule has 0 amide bonds. The Bertz CT molecular complexity index is 791. The maximum Gasteiger partial charge on any atom is 0.201 e. The molecular formula is C22H22F2O. The summed E-state index contributed by atoms with van der Waals surface area (Å²) in [5.74, 6) is 4.98. The summed E-state index contributed by atoms with van der Waals surface area (Å²) >= 11 is 0. The van der Waals surface area contributed by atoms with Crippen molar-refractivity contribution in [2.45, 2.75) is 38.5 Å². The van der Waals surface area contributed by atoms with E-state index >= 15 is 0 Å². The van der Waals surface area contributed by atoms with Crippen LogP contribution in [-0.2, 0) is 0 Å². The Morgan fingerprint density at radius 2 is 1.56 bits per heavy atom. The zero-order valence-electron chi connectivity index (χ0n) is 14.6. The molecule has 0 atom stereocenters. The predicted octanol–water partition coefficient (Wildman–Crippen LogP) is 5.67. The van der Waals surface area contributed by atoms with E-state index in [9.17, 15) is 8.78 Å². The second kappa shape index (κ2) is 7.70. The van der Waals surface area contributed by atoms with Gasteiger partial charge in [0.2, 0.25) is 5.82 Å². The third kappa shape index (κ3) is 4.02. The lowest BCUT2D eigenvalue weighted by Gasteiger charge is -2.26. The van der Waals surface area contributed by atoms with E-state index in [1.165, 1.54) is 50.5 Å². The molecule has 0 unspecified atom stereocenters. The van der Waals surface area contributed by atoms with Crippen molar-refractivity contribution in [1.29, 1.82) is 0 Å². The summed E-state index contributed by atoms with van der Waals surface area (Å²) in [7, 11) is 1.30. The molecule has 1 saturated carbocycles. The molecule has 25 heavy (non-hydrogen) atoms. The van der Waals surface area contributed by atoms with Crippen molar-refractivity contribution in [3.63, 3.8) is 0 Å². The SMILES string of the molecule is COc1ccc(C#Cc2ccc([C@H]3CC[C@H](C)CC3)cc2)c(F)c1F. The predicted molar refractivity (Wildman–Crippen MR) is 95.7 cm³/mol. The molecule has 0 bridgehead atoms. The minimum absolute atomic E-state index is 0.0312. The number of hydrogen-bond acceptors (Lipinski definition) is 1. The molecule has 1 nitrogen and oxygen atoms in total. The molecule has 2 aromatic rings. The Kier molecular flexibility index (Phi) is 5.38. The van der Waals surface area contributed by atoms with Crippen LogP contribution < -0.4 is 4.74 Å². The molecule has 0 N–H and O–H groups in total. The van der Waals surface area contributed by atoms with Crippen LogP contribution in [0.4, 0.5) is 8.78 Å². The fourth-order valence-electron chi connectivity index (χ4n) is 3.36. The van der Waals surface area contributed by atoms with Crippen LogP contribution in [0.15, 0.2) is 36.4 Å². The first-order chi connectivity index (χ1) is 12.1. The smallest absolute Gasteiger partial charge is 0.201 e. The van der Waals surface area contributed by atoms with E-state index in [1.807, 2.05) is 12.1 Å². The van der Waals surface area contributed by atoms with Gasteiger partial charge in [0.05, 0.1) is 12.7 Å². The van der Waals surface area contributed by atoms with Crippen molar-refractivity contribution in [1.82, 2.24) is 0 Å². The number of methoxy groups -OCH3 is 1. The van der Waals surface area contributed by atoms with Crippen LogP contribution in [0.3, 0.4) is 0 Å². The van der Waals surface area contributed by atoms with E-state index in [1.54, 1.807) is 0 Å². The number of rotatable bonds is 2. The first kappa shape index (κ1) is 17.5. The molecule has 0 spiro atoms. The van der Waals surface area contributed by atoms with Gasteiger partial charge in [0.15, 0.2) is 11.6 Å². The van der Waals surface area contributed by atoms with E-state index in [0.717, 1.165) is 11.5 Å².